The van der Waals surface area contributed by atoms with Gasteiger partial charge in [-0.1, -0.05) is 0 Å². The van der Waals surface area contributed by atoms with Crippen molar-refractivity contribution in [3.8, 4) is 17.1 Å². The Morgan fingerprint density at radius 3 is 2.91 bits per heavy atom. The van der Waals surface area contributed by atoms with Crippen molar-refractivity contribution in [2.75, 3.05) is 25.6 Å². The normalized spacial score (nSPS) is 15.3. The molecule has 0 spiro atoms. The van der Waals surface area contributed by atoms with Crippen LogP contribution in [-0.2, 0) is 9.53 Å². The SMILES string of the molecule is COc1cc(NC(=O)CC2CCOCC2)ccc1-c1cnco1. The Morgan fingerprint density at radius 1 is 1.39 bits per heavy atom. The number of rotatable bonds is 5. The number of hydrogen-bond donors (Lipinski definition) is 1. The molecule has 2 aromatic rings. The number of oxazole rings is 1. The molecule has 0 atom stereocenters. The first-order valence-corrected chi connectivity index (χ1v) is 7.71. The molecule has 1 saturated heterocycles. The van der Waals surface area contributed by atoms with Gasteiger partial charge < -0.3 is 19.2 Å². The number of carbonyl (C=O) groups is 1. The summed E-state index contributed by atoms with van der Waals surface area (Å²) in [7, 11) is 1.59. The van der Waals surface area contributed by atoms with E-state index in [1.54, 1.807) is 19.4 Å². The minimum absolute atomic E-state index is 0.0198. The Hall–Kier alpha value is -2.34. The van der Waals surface area contributed by atoms with Gasteiger partial charge in [-0.25, -0.2) is 4.98 Å². The van der Waals surface area contributed by atoms with Gasteiger partial charge in [-0.2, -0.15) is 0 Å². The lowest BCUT2D eigenvalue weighted by Crippen LogP contribution is -2.22. The fourth-order valence-electron chi connectivity index (χ4n) is 2.75. The highest BCUT2D eigenvalue weighted by Crippen LogP contribution is 2.32. The van der Waals surface area contributed by atoms with Crippen molar-refractivity contribution in [2.45, 2.75) is 19.3 Å². The van der Waals surface area contributed by atoms with Crippen molar-refractivity contribution in [3.05, 3.63) is 30.8 Å². The van der Waals surface area contributed by atoms with Gasteiger partial charge in [0.25, 0.3) is 0 Å². The van der Waals surface area contributed by atoms with Crippen LogP contribution in [0, 0.1) is 5.92 Å². The van der Waals surface area contributed by atoms with Gasteiger partial charge in [0.05, 0.1) is 18.9 Å². The summed E-state index contributed by atoms with van der Waals surface area (Å²) < 4.78 is 16.0. The summed E-state index contributed by atoms with van der Waals surface area (Å²) in [5.74, 6) is 1.68. The molecule has 1 N–H and O–H groups in total. The first-order chi connectivity index (χ1) is 11.3. The molecule has 6 heteroatoms. The maximum Gasteiger partial charge on any atom is 0.224 e. The van der Waals surface area contributed by atoms with E-state index < -0.39 is 0 Å². The van der Waals surface area contributed by atoms with Gasteiger partial charge in [0.15, 0.2) is 12.2 Å². The van der Waals surface area contributed by atoms with Gasteiger partial charge in [-0.15, -0.1) is 0 Å². The van der Waals surface area contributed by atoms with Crippen molar-refractivity contribution >= 4 is 11.6 Å². The fraction of sp³-hybridized carbons (Fsp3) is 0.412. The van der Waals surface area contributed by atoms with Crippen LogP contribution in [0.25, 0.3) is 11.3 Å². The van der Waals surface area contributed by atoms with Crippen LogP contribution < -0.4 is 10.1 Å². The van der Waals surface area contributed by atoms with E-state index >= 15 is 0 Å². The molecule has 6 nitrogen and oxygen atoms in total. The summed E-state index contributed by atoms with van der Waals surface area (Å²) in [6.45, 7) is 1.50. The number of ether oxygens (including phenoxy) is 2. The van der Waals surface area contributed by atoms with Crippen LogP contribution in [0.5, 0.6) is 5.75 Å². The van der Waals surface area contributed by atoms with E-state index in [2.05, 4.69) is 10.3 Å². The molecule has 1 aromatic carbocycles. The zero-order chi connectivity index (χ0) is 16.1. The van der Waals surface area contributed by atoms with Crippen LogP contribution >= 0.6 is 0 Å². The molecule has 1 fully saturated rings. The van der Waals surface area contributed by atoms with Gasteiger partial charge in [-0.3, -0.25) is 4.79 Å². The molecule has 122 valence electrons. The van der Waals surface area contributed by atoms with Crippen LogP contribution in [0.15, 0.2) is 35.2 Å². The van der Waals surface area contributed by atoms with E-state index in [0.29, 0.717) is 29.5 Å². The Balaban J connectivity index is 1.67. The van der Waals surface area contributed by atoms with Gasteiger partial charge >= 0.3 is 0 Å². The lowest BCUT2D eigenvalue weighted by atomic mass is 9.96. The minimum atomic E-state index is 0.0198. The maximum atomic E-state index is 12.2. The molecule has 1 aliphatic rings. The summed E-state index contributed by atoms with van der Waals surface area (Å²) in [6.07, 6.45) is 5.41. The monoisotopic (exact) mass is 316 g/mol. The standard InChI is InChI=1S/C17H20N2O4/c1-21-15-9-13(2-3-14(15)16-10-18-11-23-16)19-17(20)8-12-4-6-22-7-5-12/h2-3,9-12H,4-8H2,1H3,(H,19,20). The summed E-state index contributed by atoms with van der Waals surface area (Å²) in [4.78, 5) is 16.1. The summed E-state index contributed by atoms with van der Waals surface area (Å²) in [5.41, 5.74) is 1.51. The summed E-state index contributed by atoms with van der Waals surface area (Å²) in [5, 5.41) is 2.93. The zero-order valence-electron chi connectivity index (χ0n) is 13.1. The van der Waals surface area contributed by atoms with Crippen LogP contribution in [0.1, 0.15) is 19.3 Å². The molecule has 0 bridgehead atoms. The van der Waals surface area contributed by atoms with Crippen LogP contribution in [0.4, 0.5) is 5.69 Å². The molecule has 0 saturated carbocycles. The Bertz CT molecular complexity index is 649. The van der Waals surface area contributed by atoms with E-state index in [4.69, 9.17) is 13.9 Å². The van der Waals surface area contributed by atoms with Gasteiger partial charge in [0, 0.05) is 31.4 Å². The molecule has 0 unspecified atom stereocenters. The topological polar surface area (TPSA) is 73.6 Å². The second-order valence-corrected chi connectivity index (χ2v) is 5.59. The first kappa shape index (κ1) is 15.6. The second-order valence-electron chi connectivity index (χ2n) is 5.59. The zero-order valence-corrected chi connectivity index (χ0v) is 13.1. The molecular weight excluding hydrogens is 296 g/mol. The molecule has 1 aliphatic heterocycles. The van der Waals surface area contributed by atoms with Crippen LogP contribution in [0.2, 0.25) is 0 Å². The molecular formula is C17H20N2O4. The number of nitrogens with one attached hydrogen (secondary N) is 1. The van der Waals surface area contributed by atoms with E-state index in [-0.39, 0.29) is 5.91 Å². The molecule has 1 amide bonds. The van der Waals surface area contributed by atoms with E-state index in [1.807, 2.05) is 12.1 Å². The third-order valence-electron chi connectivity index (χ3n) is 4.00. The maximum absolute atomic E-state index is 12.2. The third kappa shape index (κ3) is 3.90. The molecule has 0 radical (unpaired) electrons. The van der Waals surface area contributed by atoms with E-state index in [1.165, 1.54) is 6.39 Å². The van der Waals surface area contributed by atoms with Crippen molar-refractivity contribution in [2.24, 2.45) is 5.92 Å². The van der Waals surface area contributed by atoms with Crippen LogP contribution in [-0.4, -0.2) is 31.2 Å². The number of nitrogens with zero attached hydrogens (tertiary/aromatic N) is 1. The number of aromatic nitrogens is 1. The molecule has 3 rings (SSSR count). The van der Waals surface area contributed by atoms with E-state index in [9.17, 15) is 4.79 Å². The highest BCUT2D eigenvalue weighted by molar-refractivity contribution is 5.91. The molecule has 0 aliphatic carbocycles. The number of carbonyl (C=O) groups excluding carboxylic acids is 1. The lowest BCUT2D eigenvalue weighted by molar-refractivity contribution is -0.117. The number of amides is 1. The van der Waals surface area contributed by atoms with Crippen molar-refractivity contribution < 1.29 is 18.7 Å². The highest BCUT2D eigenvalue weighted by Gasteiger charge is 2.18. The number of hydrogen-bond acceptors (Lipinski definition) is 5. The highest BCUT2D eigenvalue weighted by atomic mass is 16.5. The Labute approximate surface area is 134 Å². The first-order valence-electron chi connectivity index (χ1n) is 7.71. The minimum Gasteiger partial charge on any atom is -0.496 e. The molecule has 1 aromatic heterocycles. The van der Waals surface area contributed by atoms with Crippen LogP contribution in [0.3, 0.4) is 0 Å². The Kier molecular flexibility index (Phi) is 4.92. The van der Waals surface area contributed by atoms with E-state index in [0.717, 1.165) is 31.6 Å². The van der Waals surface area contributed by atoms with Crippen molar-refractivity contribution in [1.29, 1.82) is 0 Å². The van der Waals surface area contributed by atoms with Crippen molar-refractivity contribution in [3.63, 3.8) is 0 Å². The average molecular weight is 316 g/mol. The predicted molar refractivity (Wildman–Crippen MR) is 85.3 cm³/mol. The fourth-order valence-corrected chi connectivity index (χ4v) is 2.75. The summed E-state index contributed by atoms with van der Waals surface area (Å²) >= 11 is 0. The predicted octanol–water partition coefficient (Wildman–Crippen LogP) is 3.11. The smallest absolute Gasteiger partial charge is 0.224 e. The lowest BCUT2D eigenvalue weighted by Gasteiger charge is -2.21. The van der Waals surface area contributed by atoms with Gasteiger partial charge in [0.2, 0.25) is 5.91 Å². The average Bonchev–Trinajstić information content (AvgIpc) is 3.10. The second kappa shape index (κ2) is 7.28. The van der Waals surface area contributed by atoms with Crippen molar-refractivity contribution in [1.82, 2.24) is 4.98 Å². The number of anilines is 1. The van der Waals surface area contributed by atoms with Gasteiger partial charge in [0.1, 0.15) is 5.75 Å². The Morgan fingerprint density at radius 2 is 2.22 bits per heavy atom. The quantitative estimate of drug-likeness (QED) is 0.917. The third-order valence-corrected chi connectivity index (χ3v) is 4.00. The molecule has 2 heterocycles. The van der Waals surface area contributed by atoms with Gasteiger partial charge in [-0.05, 0) is 30.9 Å². The number of methoxy groups -OCH3 is 1. The number of benzene rings is 1. The largest absolute Gasteiger partial charge is 0.496 e. The summed E-state index contributed by atoms with van der Waals surface area (Å²) in [6, 6.07) is 5.48. The molecule has 23 heavy (non-hydrogen) atoms.